The fraction of sp³-hybridized carbons (Fsp3) is 0.100. The standard InChI is InChI=1S/C20H17BrN2O3S/c1-3-9-23-19(25)17(27-20(23)22-14-7-5-4-6-8-14)12-13-10-15(21)18(24)16(11-13)26-2/h3-8,10-12,24H,1,9H2,2H3. The van der Waals surface area contributed by atoms with Gasteiger partial charge in [-0.2, -0.15) is 0 Å². The smallest absolute Gasteiger partial charge is 0.267 e. The molecule has 27 heavy (non-hydrogen) atoms. The molecule has 7 heteroatoms. The molecule has 0 saturated carbocycles. The Morgan fingerprint density at radius 1 is 1.33 bits per heavy atom. The van der Waals surface area contributed by atoms with Crippen molar-refractivity contribution >= 4 is 50.5 Å². The average Bonchev–Trinajstić information content (AvgIpc) is 2.94. The van der Waals surface area contributed by atoms with Gasteiger partial charge in [-0.3, -0.25) is 9.69 Å². The molecule has 1 aliphatic heterocycles. The van der Waals surface area contributed by atoms with Gasteiger partial charge in [0.1, 0.15) is 0 Å². The number of aromatic hydroxyl groups is 1. The van der Waals surface area contributed by atoms with Gasteiger partial charge >= 0.3 is 0 Å². The molecule has 0 spiro atoms. The second kappa shape index (κ2) is 8.45. The molecular formula is C20H17BrN2O3S. The minimum absolute atomic E-state index is 0.0182. The van der Waals surface area contributed by atoms with Gasteiger partial charge in [-0.1, -0.05) is 24.3 Å². The fourth-order valence-corrected chi connectivity index (χ4v) is 3.95. The zero-order valence-corrected chi connectivity index (χ0v) is 17.0. The second-order valence-corrected chi connectivity index (χ2v) is 7.46. The lowest BCUT2D eigenvalue weighted by atomic mass is 10.2. The first-order valence-corrected chi connectivity index (χ1v) is 9.67. The highest BCUT2D eigenvalue weighted by Crippen LogP contribution is 2.38. The van der Waals surface area contributed by atoms with E-state index in [4.69, 9.17) is 4.74 Å². The lowest BCUT2D eigenvalue weighted by Crippen LogP contribution is -2.29. The van der Waals surface area contributed by atoms with Crippen molar-refractivity contribution in [3.63, 3.8) is 0 Å². The van der Waals surface area contributed by atoms with Crippen LogP contribution in [-0.2, 0) is 4.79 Å². The number of amidine groups is 1. The first-order valence-electron chi connectivity index (χ1n) is 8.06. The molecule has 0 unspecified atom stereocenters. The molecule has 1 amide bonds. The number of carbonyl (C=O) groups is 1. The van der Waals surface area contributed by atoms with Crippen LogP contribution in [0.5, 0.6) is 11.5 Å². The topological polar surface area (TPSA) is 62.1 Å². The lowest BCUT2D eigenvalue weighted by Gasteiger charge is -2.12. The number of para-hydroxylation sites is 1. The number of hydrogen-bond acceptors (Lipinski definition) is 5. The summed E-state index contributed by atoms with van der Waals surface area (Å²) in [4.78, 5) is 19.5. The van der Waals surface area contributed by atoms with Crippen LogP contribution in [0.3, 0.4) is 0 Å². The van der Waals surface area contributed by atoms with Crippen molar-refractivity contribution in [1.29, 1.82) is 0 Å². The van der Waals surface area contributed by atoms with Crippen LogP contribution in [0.15, 0.2) is 69.5 Å². The van der Waals surface area contributed by atoms with Crippen LogP contribution in [0.1, 0.15) is 5.56 Å². The first kappa shape index (κ1) is 19.3. The Balaban J connectivity index is 1.98. The number of amides is 1. The van der Waals surface area contributed by atoms with Gasteiger partial charge < -0.3 is 9.84 Å². The molecule has 1 fully saturated rings. The van der Waals surface area contributed by atoms with E-state index in [0.717, 1.165) is 11.3 Å². The van der Waals surface area contributed by atoms with Gasteiger partial charge in [0.05, 0.1) is 22.2 Å². The summed E-state index contributed by atoms with van der Waals surface area (Å²) in [6, 6.07) is 12.9. The van der Waals surface area contributed by atoms with E-state index in [-0.39, 0.29) is 11.7 Å². The molecule has 5 nitrogen and oxygen atoms in total. The number of hydrogen-bond donors (Lipinski definition) is 1. The number of aliphatic imine (C=N–C) groups is 1. The molecule has 1 N–H and O–H groups in total. The molecule has 1 aliphatic rings. The monoisotopic (exact) mass is 444 g/mol. The fourth-order valence-electron chi connectivity index (χ4n) is 2.48. The molecule has 0 aliphatic carbocycles. The number of thioether (sulfide) groups is 1. The predicted octanol–water partition coefficient (Wildman–Crippen LogP) is 4.95. The van der Waals surface area contributed by atoms with E-state index in [1.165, 1.54) is 18.9 Å². The molecule has 0 bridgehead atoms. The van der Waals surface area contributed by atoms with Crippen LogP contribution in [-0.4, -0.2) is 34.7 Å². The minimum atomic E-state index is -0.141. The normalized spacial score (nSPS) is 17.0. The molecule has 0 atom stereocenters. The van der Waals surface area contributed by atoms with Gasteiger partial charge in [-0.25, -0.2) is 4.99 Å². The predicted molar refractivity (Wildman–Crippen MR) is 113 cm³/mol. The average molecular weight is 445 g/mol. The van der Waals surface area contributed by atoms with E-state index in [0.29, 0.717) is 26.8 Å². The third-order valence-corrected chi connectivity index (χ3v) is 5.36. The quantitative estimate of drug-likeness (QED) is 0.523. The maximum absolute atomic E-state index is 12.8. The lowest BCUT2D eigenvalue weighted by molar-refractivity contribution is -0.121. The zero-order valence-electron chi connectivity index (χ0n) is 14.6. The van der Waals surface area contributed by atoms with Crippen LogP contribution >= 0.6 is 27.7 Å². The van der Waals surface area contributed by atoms with Crippen molar-refractivity contribution < 1.29 is 14.6 Å². The van der Waals surface area contributed by atoms with Crippen molar-refractivity contribution in [2.75, 3.05) is 13.7 Å². The van der Waals surface area contributed by atoms with E-state index in [9.17, 15) is 9.90 Å². The van der Waals surface area contributed by atoms with Gasteiger partial charge in [0.15, 0.2) is 16.7 Å². The molecule has 1 heterocycles. The Hall–Kier alpha value is -2.51. The summed E-state index contributed by atoms with van der Waals surface area (Å²) >= 11 is 4.60. The Bertz CT molecular complexity index is 942. The number of benzene rings is 2. The largest absolute Gasteiger partial charge is 0.503 e. The van der Waals surface area contributed by atoms with Crippen molar-refractivity contribution in [2.45, 2.75) is 0 Å². The van der Waals surface area contributed by atoms with E-state index in [2.05, 4.69) is 27.5 Å². The van der Waals surface area contributed by atoms with E-state index in [1.54, 1.807) is 29.2 Å². The van der Waals surface area contributed by atoms with Gasteiger partial charge in [-0.05, 0) is 63.6 Å². The third-order valence-electron chi connectivity index (χ3n) is 3.75. The number of nitrogens with zero attached hydrogens (tertiary/aromatic N) is 2. The molecular weight excluding hydrogens is 428 g/mol. The number of phenolic OH excluding ortho intramolecular Hbond substituents is 1. The molecule has 2 aromatic rings. The van der Waals surface area contributed by atoms with E-state index >= 15 is 0 Å². The van der Waals surface area contributed by atoms with Crippen LogP contribution < -0.4 is 4.74 Å². The van der Waals surface area contributed by atoms with Crippen LogP contribution in [0, 0.1) is 0 Å². The van der Waals surface area contributed by atoms with E-state index < -0.39 is 0 Å². The first-order chi connectivity index (χ1) is 13.0. The van der Waals surface area contributed by atoms with Gasteiger partial charge in [0.2, 0.25) is 0 Å². The number of carbonyl (C=O) groups excluding carboxylic acids is 1. The molecule has 3 rings (SSSR count). The van der Waals surface area contributed by atoms with E-state index in [1.807, 2.05) is 30.3 Å². The highest BCUT2D eigenvalue weighted by atomic mass is 79.9. The molecule has 2 aromatic carbocycles. The number of halogens is 1. The summed E-state index contributed by atoms with van der Waals surface area (Å²) in [5.74, 6) is 0.204. The Morgan fingerprint density at radius 3 is 2.74 bits per heavy atom. The van der Waals surface area contributed by atoms with Crippen molar-refractivity contribution in [2.24, 2.45) is 4.99 Å². The molecule has 0 radical (unpaired) electrons. The maximum Gasteiger partial charge on any atom is 0.267 e. The Kier molecular flexibility index (Phi) is 6.03. The van der Waals surface area contributed by atoms with Crippen molar-refractivity contribution in [1.82, 2.24) is 4.90 Å². The number of phenols is 1. The second-order valence-electron chi connectivity index (χ2n) is 5.60. The number of rotatable bonds is 5. The molecule has 0 aromatic heterocycles. The molecule has 1 saturated heterocycles. The SMILES string of the molecule is C=CCN1C(=O)C(=Cc2cc(Br)c(O)c(OC)c2)SC1=Nc1ccccc1. The third kappa shape index (κ3) is 4.26. The highest BCUT2D eigenvalue weighted by Gasteiger charge is 2.32. The number of ether oxygens (including phenoxy) is 1. The molecule has 138 valence electrons. The Morgan fingerprint density at radius 2 is 2.07 bits per heavy atom. The van der Waals surface area contributed by atoms with Crippen LogP contribution in [0.25, 0.3) is 6.08 Å². The van der Waals surface area contributed by atoms with Crippen molar-refractivity contribution in [3.8, 4) is 11.5 Å². The maximum atomic E-state index is 12.8. The number of methoxy groups -OCH3 is 1. The Labute approximate surface area is 170 Å². The summed E-state index contributed by atoms with van der Waals surface area (Å²) in [6.07, 6.45) is 3.42. The minimum Gasteiger partial charge on any atom is -0.503 e. The summed E-state index contributed by atoms with van der Waals surface area (Å²) in [5, 5.41) is 10.5. The summed E-state index contributed by atoms with van der Waals surface area (Å²) in [6.45, 7) is 4.10. The summed E-state index contributed by atoms with van der Waals surface area (Å²) in [7, 11) is 1.48. The summed E-state index contributed by atoms with van der Waals surface area (Å²) in [5.41, 5.74) is 1.50. The van der Waals surface area contributed by atoms with Crippen molar-refractivity contribution in [3.05, 3.63) is 70.1 Å². The van der Waals surface area contributed by atoms with Crippen LogP contribution in [0.4, 0.5) is 5.69 Å². The summed E-state index contributed by atoms with van der Waals surface area (Å²) < 4.78 is 5.66. The van der Waals surface area contributed by atoms with Crippen LogP contribution in [0.2, 0.25) is 0 Å². The highest BCUT2D eigenvalue weighted by molar-refractivity contribution is 9.10. The van der Waals surface area contributed by atoms with Gasteiger partial charge in [0, 0.05) is 6.54 Å². The van der Waals surface area contributed by atoms with Gasteiger partial charge in [0.25, 0.3) is 5.91 Å². The zero-order chi connectivity index (χ0) is 19.4. The van der Waals surface area contributed by atoms with Gasteiger partial charge in [-0.15, -0.1) is 6.58 Å².